The number of amides is 2. The minimum Gasteiger partial charge on any atom is -0.350 e. The van der Waals surface area contributed by atoms with Crippen LogP contribution in [0.4, 0.5) is 5.69 Å². The number of hydrogen-bond acceptors (Lipinski definition) is 3. The SMILES string of the molecule is Cc1cc(NC(=O)C2CCCNC2)ccc1C(=O)NC(C)C. The van der Waals surface area contributed by atoms with Gasteiger partial charge in [0, 0.05) is 23.8 Å². The van der Waals surface area contributed by atoms with Crippen LogP contribution in [0, 0.1) is 12.8 Å². The molecule has 1 aliphatic heterocycles. The third-order valence-corrected chi connectivity index (χ3v) is 3.83. The molecule has 0 saturated carbocycles. The fraction of sp³-hybridized carbons (Fsp3) is 0.529. The van der Waals surface area contributed by atoms with Crippen LogP contribution in [0.3, 0.4) is 0 Å². The highest BCUT2D eigenvalue weighted by Gasteiger charge is 2.21. The number of aryl methyl sites for hydroxylation is 1. The Morgan fingerprint density at radius 3 is 2.68 bits per heavy atom. The molecule has 3 N–H and O–H groups in total. The quantitative estimate of drug-likeness (QED) is 0.797. The fourth-order valence-electron chi connectivity index (χ4n) is 2.66. The molecule has 1 unspecified atom stereocenters. The van der Waals surface area contributed by atoms with Gasteiger partial charge in [-0.1, -0.05) is 0 Å². The van der Waals surface area contributed by atoms with E-state index in [1.165, 1.54) is 0 Å². The summed E-state index contributed by atoms with van der Waals surface area (Å²) in [5.41, 5.74) is 2.25. The molecule has 0 aliphatic carbocycles. The predicted molar refractivity (Wildman–Crippen MR) is 88.0 cm³/mol. The van der Waals surface area contributed by atoms with Crippen LogP contribution in [0.15, 0.2) is 18.2 Å². The van der Waals surface area contributed by atoms with Crippen molar-refractivity contribution in [2.24, 2.45) is 5.92 Å². The lowest BCUT2D eigenvalue weighted by Gasteiger charge is -2.22. The number of carbonyl (C=O) groups is 2. The van der Waals surface area contributed by atoms with Gasteiger partial charge >= 0.3 is 0 Å². The number of rotatable bonds is 4. The normalized spacial score (nSPS) is 18.1. The second kappa shape index (κ2) is 7.40. The highest BCUT2D eigenvalue weighted by atomic mass is 16.2. The maximum Gasteiger partial charge on any atom is 0.251 e. The van der Waals surface area contributed by atoms with E-state index < -0.39 is 0 Å². The van der Waals surface area contributed by atoms with E-state index >= 15 is 0 Å². The third-order valence-electron chi connectivity index (χ3n) is 3.83. The maximum atomic E-state index is 12.2. The molecule has 1 aromatic carbocycles. The fourth-order valence-corrected chi connectivity index (χ4v) is 2.66. The van der Waals surface area contributed by atoms with Crippen molar-refractivity contribution in [1.82, 2.24) is 10.6 Å². The van der Waals surface area contributed by atoms with Crippen LogP contribution in [-0.2, 0) is 4.79 Å². The Balaban J connectivity index is 2.02. The van der Waals surface area contributed by atoms with Gasteiger partial charge < -0.3 is 16.0 Å². The van der Waals surface area contributed by atoms with Crippen LogP contribution in [0.25, 0.3) is 0 Å². The zero-order valence-corrected chi connectivity index (χ0v) is 13.5. The van der Waals surface area contributed by atoms with Gasteiger partial charge in [0.15, 0.2) is 0 Å². The van der Waals surface area contributed by atoms with Crippen molar-refractivity contribution < 1.29 is 9.59 Å². The minimum atomic E-state index is -0.0816. The standard InChI is InChI=1S/C17H25N3O2/c1-11(2)19-17(22)15-7-6-14(9-12(15)3)20-16(21)13-5-4-8-18-10-13/h6-7,9,11,13,18H,4-5,8,10H2,1-3H3,(H,19,22)(H,20,21). The minimum absolute atomic E-state index is 0.0259. The molecule has 1 aliphatic rings. The maximum absolute atomic E-state index is 12.2. The Morgan fingerprint density at radius 1 is 1.32 bits per heavy atom. The highest BCUT2D eigenvalue weighted by Crippen LogP contribution is 2.18. The number of benzene rings is 1. The molecule has 0 spiro atoms. The lowest BCUT2D eigenvalue weighted by atomic mass is 9.98. The van der Waals surface area contributed by atoms with Crippen molar-refractivity contribution in [3.05, 3.63) is 29.3 Å². The van der Waals surface area contributed by atoms with Gasteiger partial charge in [-0.15, -0.1) is 0 Å². The molecule has 22 heavy (non-hydrogen) atoms. The van der Waals surface area contributed by atoms with E-state index in [9.17, 15) is 9.59 Å². The molecule has 2 rings (SSSR count). The molecule has 0 aromatic heterocycles. The van der Waals surface area contributed by atoms with Gasteiger partial charge in [-0.3, -0.25) is 9.59 Å². The molecule has 1 heterocycles. The Labute approximate surface area is 131 Å². The van der Waals surface area contributed by atoms with Crippen molar-refractivity contribution in [1.29, 1.82) is 0 Å². The van der Waals surface area contributed by atoms with Gasteiger partial charge in [0.2, 0.25) is 5.91 Å². The smallest absolute Gasteiger partial charge is 0.251 e. The van der Waals surface area contributed by atoms with Crippen LogP contribution in [-0.4, -0.2) is 30.9 Å². The summed E-state index contributed by atoms with van der Waals surface area (Å²) in [6.45, 7) is 7.47. The highest BCUT2D eigenvalue weighted by molar-refractivity contribution is 5.97. The average molecular weight is 303 g/mol. The molecule has 1 fully saturated rings. The first kappa shape index (κ1) is 16.5. The van der Waals surface area contributed by atoms with E-state index in [1.54, 1.807) is 12.1 Å². The number of anilines is 1. The van der Waals surface area contributed by atoms with E-state index in [-0.39, 0.29) is 23.8 Å². The van der Waals surface area contributed by atoms with Crippen LogP contribution in [0.5, 0.6) is 0 Å². The van der Waals surface area contributed by atoms with Gasteiger partial charge in [-0.05, 0) is 63.9 Å². The summed E-state index contributed by atoms with van der Waals surface area (Å²) in [6, 6.07) is 5.51. The van der Waals surface area contributed by atoms with Crippen LogP contribution < -0.4 is 16.0 Å². The van der Waals surface area contributed by atoms with Crippen molar-refractivity contribution in [2.75, 3.05) is 18.4 Å². The summed E-state index contributed by atoms with van der Waals surface area (Å²) < 4.78 is 0. The first-order valence-electron chi connectivity index (χ1n) is 7.90. The summed E-state index contributed by atoms with van der Waals surface area (Å²) in [5.74, 6) is -0.00851. The molecule has 1 aromatic rings. The Bertz CT molecular complexity index is 549. The topological polar surface area (TPSA) is 70.2 Å². The summed E-state index contributed by atoms with van der Waals surface area (Å²) in [5, 5.41) is 9.07. The van der Waals surface area contributed by atoms with Gasteiger partial charge in [-0.25, -0.2) is 0 Å². The molecule has 120 valence electrons. The number of piperidine rings is 1. The average Bonchev–Trinajstić information content (AvgIpc) is 2.47. The lowest BCUT2D eigenvalue weighted by molar-refractivity contribution is -0.120. The first-order chi connectivity index (χ1) is 10.5. The van der Waals surface area contributed by atoms with E-state index in [0.29, 0.717) is 5.56 Å². The molecule has 1 saturated heterocycles. The van der Waals surface area contributed by atoms with Crippen LogP contribution >= 0.6 is 0 Å². The van der Waals surface area contributed by atoms with E-state index in [1.807, 2.05) is 26.8 Å². The van der Waals surface area contributed by atoms with Gasteiger partial charge in [-0.2, -0.15) is 0 Å². The Kier molecular flexibility index (Phi) is 5.55. The summed E-state index contributed by atoms with van der Waals surface area (Å²) in [4.78, 5) is 24.3. The number of nitrogens with one attached hydrogen (secondary N) is 3. The monoisotopic (exact) mass is 303 g/mol. The van der Waals surface area contributed by atoms with Crippen LogP contribution in [0.1, 0.15) is 42.6 Å². The molecule has 0 radical (unpaired) electrons. The molecule has 5 nitrogen and oxygen atoms in total. The Morgan fingerprint density at radius 2 is 2.09 bits per heavy atom. The van der Waals surface area contributed by atoms with Gasteiger partial charge in [0.05, 0.1) is 5.92 Å². The van der Waals surface area contributed by atoms with Crippen molar-refractivity contribution in [2.45, 2.75) is 39.7 Å². The molecule has 2 amide bonds. The molecular formula is C17H25N3O2. The van der Waals surface area contributed by atoms with Crippen molar-refractivity contribution >= 4 is 17.5 Å². The molecule has 5 heteroatoms. The lowest BCUT2D eigenvalue weighted by Crippen LogP contribution is -2.37. The van der Waals surface area contributed by atoms with E-state index in [2.05, 4.69) is 16.0 Å². The second-order valence-corrected chi connectivity index (χ2v) is 6.19. The number of hydrogen-bond donors (Lipinski definition) is 3. The van der Waals surface area contributed by atoms with Crippen molar-refractivity contribution in [3.63, 3.8) is 0 Å². The summed E-state index contributed by atoms with van der Waals surface area (Å²) in [6.07, 6.45) is 1.96. The molecule has 1 atom stereocenters. The van der Waals surface area contributed by atoms with E-state index in [0.717, 1.165) is 37.2 Å². The second-order valence-electron chi connectivity index (χ2n) is 6.19. The largest absolute Gasteiger partial charge is 0.350 e. The number of carbonyl (C=O) groups excluding carboxylic acids is 2. The van der Waals surface area contributed by atoms with Crippen LogP contribution in [0.2, 0.25) is 0 Å². The van der Waals surface area contributed by atoms with Gasteiger partial charge in [0.1, 0.15) is 0 Å². The predicted octanol–water partition coefficient (Wildman–Crippen LogP) is 2.07. The summed E-state index contributed by atoms with van der Waals surface area (Å²) >= 11 is 0. The zero-order chi connectivity index (χ0) is 16.1. The molecular weight excluding hydrogens is 278 g/mol. The Hall–Kier alpha value is -1.88. The first-order valence-corrected chi connectivity index (χ1v) is 7.90. The van der Waals surface area contributed by atoms with E-state index in [4.69, 9.17) is 0 Å². The molecule has 0 bridgehead atoms. The van der Waals surface area contributed by atoms with Crippen molar-refractivity contribution in [3.8, 4) is 0 Å². The summed E-state index contributed by atoms with van der Waals surface area (Å²) in [7, 11) is 0. The van der Waals surface area contributed by atoms with Gasteiger partial charge in [0.25, 0.3) is 5.91 Å². The third kappa shape index (κ3) is 4.31. The zero-order valence-electron chi connectivity index (χ0n) is 13.5.